The molecule has 0 radical (unpaired) electrons. The first-order valence-electron chi connectivity index (χ1n) is 4.32. The van der Waals surface area contributed by atoms with Gasteiger partial charge in [-0.25, -0.2) is 0 Å². The Kier molecular flexibility index (Phi) is 2.78. The van der Waals surface area contributed by atoms with Gasteiger partial charge in [-0.05, 0) is 6.42 Å². The van der Waals surface area contributed by atoms with Crippen LogP contribution in [-0.4, -0.2) is 39.5 Å². The average molecular weight is 216 g/mol. The molecular formula is C8H12N2O5. The summed E-state index contributed by atoms with van der Waals surface area (Å²) in [6.45, 7) is 0. The fraction of sp³-hybridized carbons (Fsp3) is 0.625. The van der Waals surface area contributed by atoms with E-state index in [1.165, 1.54) is 0 Å². The monoisotopic (exact) mass is 216 g/mol. The highest BCUT2D eigenvalue weighted by Gasteiger charge is 2.61. The molecule has 0 aromatic heterocycles. The van der Waals surface area contributed by atoms with E-state index in [1.807, 2.05) is 0 Å². The Balaban J connectivity index is 2.58. The summed E-state index contributed by atoms with van der Waals surface area (Å²) in [4.78, 5) is 32.3. The molecule has 0 saturated heterocycles. The Morgan fingerprint density at radius 1 is 1.40 bits per heavy atom. The van der Waals surface area contributed by atoms with E-state index >= 15 is 0 Å². The maximum absolute atomic E-state index is 11.4. The molecular weight excluding hydrogens is 204 g/mol. The lowest BCUT2D eigenvalue weighted by Crippen LogP contribution is -2.42. The van der Waals surface area contributed by atoms with Crippen LogP contribution in [0.3, 0.4) is 0 Å². The van der Waals surface area contributed by atoms with Crippen LogP contribution in [-0.2, 0) is 14.4 Å². The summed E-state index contributed by atoms with van der Waals surface area (Å²) in [6.07, 6.45) is -0.487. The molecule has 0 bridgehead atoms. The summed E-state index contributed by atoms with van der Waals surface area (Å²) in [5, 5.41) is 17.1. The molecule has 0 aliphatic heterocycles. The Morgan fingerprint density at radius 2 is 1.93 bits per heavy atom. The van der Waals surface area contributed by atoms with E-state index in [0.717, 1.165) is 0 Å². The van der Waals surface area contributed by atoms with Crippen molar-refractivity contribution in [1.82, 2.24) is 0 Å². The van der Waals surface area contributed by atoms with Crippen LogP contribution in [0, 0.1) is 5.92 Å². The number of aliphatic carboxylic acids is 2. The van der Waals surface area contributed by atoms with Crippen LogP contribution in [0.15, 0.2) is 0 Å². The largest absolute Gasteiger partial charge is 0.481 e. The quantitative estimate of drug-likeness (QED) is 0.422. The van der Waals surface area contributed by atoms with Crippen molar-refractivity contribution in [3.63, 3.8) is 0 Å². The lowest BCUT2D eigenvalue weighted by Gasteiger charge is -2.09. The van der Waals surface area contributed by atoms with Crippen LogP contribution in [0.5, 0.6) is 0 Å². The van der Waals surface area contributed by atoms with Crippen molar-refractivity contribution in [2.75, 3.05) is 0 Å². The first-order valence-corrected chi connectivity index (χ1v) is 4.32. The lowest BCUT2D eigenvalue weighted by atomic mass is 10.0. The van der Waals surface area contributed by atoms with E-state index in [0.29, 0.717) is 0 Å². The molecule has 7 nitrogen and oxygen atoms in total. The SMILES string of the molecule is N[C@@H](CC(=O)O)C(=O)C1CC1(N)C(=O)O. The molecule has 15 heavy (non-hydrogen) atoms. The summed E-state index contributed by atoms with van der Waals surface area (Å²) < 4.78 is 0. The molecule has 0 heterocycles. The topological polar surface area (TPSA) is 144 Å². The first-order chi connectivity index (χ1) is 6.79. The molecule has 2 unspecified atom stereocenters. The summed E-state index contributed by atoms with van der Waals surface area (Å²) in [7, 11) is 0. The van der Waals surface area contributed by atoms with E-state index in [2.05, 4.69) is 0 Å². The number of carbonyl (C=O) groups is 3. The zero-order valence-electron chi connectivity index (χ0n) is 7.84. The van der Waals surface area contributed by atoms with Gasteiger partial charge < -0.3 is 21.7 Å². The van der Waals surface area contributed by atoms with E-state index in [4.69, 9.17) is 21.7 Å². The van der Waals surface area contributed by atoms with Gasteiger partial charge in [0.1, 0.15) is 5.54 Å². The van der Waals surface area contributed by atoms with Gasteiger partial charge in [-0.15, -0.1) is 0 Å². The van der Waals surface area contributed by atoms with E-state index in [9.17, 15) is 14.4 Å². The Morgan fingerprint density at radius 3 is 2.27 bits per heavy atom. The maximum atomic E-state index is 11.4. The third-order valence-electron chi connectivity index (χ3n) is 2.51. The fourth-order valence-electron chi connectivity index (χ4n) is 1.42. The average Bonchev–Trinajstić information content (AvgIpc) is 2.77. The van der Waals surface area contributed by atoms with E-state index in [-0.39, 0.29) is 6.42 Å². The minimum Gasteiger partial charge on any atom is -0.481 e. The molecule has 1 aliphatic rings. The number of nitrogens with two attached hydrogens (primary N) is 2. The summed E-state index contributed by atoms with van der Waals surface area (Å²) in [6, 6.07) is -1.18. The van der Waals surface area contributed by atoms with Gasteiger partial charge in [-0.2, -0.15) is 0 Å². The molecule has 6 N–H and O–H groups in total. The van der Waals surface area contributed by atoms with E-state index in [1.54, 1.807) is 0 Å². The van der Waals surface area contributed by atoms with Crippen molar-refractivity contribution in [1.29, 1.82) is 0 Å². The number of hydrogen-bond acceptors (Lipinski definition) is 5. The molecule has 84 valence electrons. The molecule has 0 aromatic rings. The molecule has 0 amide bonds. The summed E-state index contributed by atoms with van der Waals surface area (Å²) in [5.41, 5.74) is 9.13. The maximum Gasteiger partial charge on any atom is 0.324 e. The second kappa shape index (κ2) is 3.59. The van der Waals surface area contributed by atoms with Gasteiger partial charge >= 0.3 is 11.9 Å². The number of rotatable bonds is 5. The minimum absolute atomic E-state index is 0.0223. The third-order valence-corrected chi connectivity index (χ3v) is 2.51. The molecule has 1 saturated carbocycles. The van der Waals surface area contributed by atoms with Crippen molar-refractivity contribution < 1.29 is 24.6 Å². The molecule has 1 aliphatic carbocycles. The predicted molar refractivity (Wildman–Crippen MR) is 47.9 cm³/mol. The van der Waals surface area contributed by atoms with Gasteiger partial charge in [0, 0.05) is 0 Å². The number of hydrogen-bond donors (Lipinski definition) is 4. The number of ketones is 1. The zero-order chi connectivity index (χ0) is 11.8. The highest BCUT2D eigenvalue weighted by atomic mass is 16.4. The van der Waals surface area contributed by atoms with Crippen LogP contribution in [0.2, 0.25) is 0 Å². The molecule has 0 spiro atoms. The summed E-state index contributed by atoms with van der Waals surface area (Å²) >= 11 is 0. The van der Waals surface area contributed by atoms with Crippen LogP contribution < -0.4 is 11.5 Å². The summed E-state index contributed by atoms with van der Waals surface area (Å²) in [5.74, 6) is -3.91. The zero-order valence-corrected chi connectivity index (χ0v) is 7.84. The minimum atomic E-state index is -1.55. The Hall–Kier alpha value is -1.47. The van der Waals surface area contributed by atoms with Crippen LogP contribution in [0.4, 0.5) is 0 Å². The molecule has 1 rings (SSSR count). The van der Waals surface area contributed by atoms with Gasteiger partial charge in [0.25, 0.3) is 0 Å². The second-order valence-electron chi connectivity index (χ2n) is 3.71. The number of Topliss-reactive ketones (excluding diaryl/α,β-unsaturated/α-hetero) is 1. The van der Waals surface area contributed by atoms with Gasteiger partial charge in [0.05, 0.1) is 18.4 Å². The normalized spacial score (nSPS) is 30.7. The van der Waals surface area contributed by atoms with Crippen LogP contribution >= 0.6 is 0 Å². The Labute approximate surface area is 85.0 Å². The highest BCUT2D eigenvalue weighted by Crippen LogP contribution is 2.42. The number of carboxylic acids is 2. The van der Waals surface area contributed by atoms with E-state index < -0.39 is 41.6 Å². The smallest absolute Gasteiger partial charge is 0.324 e. The molecule has 1 fully saturated rings. The van der Waals surface area contributed by atoms with Crippen molar-refractivity contribution in [2.45, 2.75) is 24.4 Å². The lowest BCUT2D eigenvalue weighted by molar-refractivity contribution is -0.141. The van der Waals surface area contributed by atoms with Crippen molar-refractivity contribution in [2.24, 2.45) is 17.4 Å². The standard InChI is InChI=1S/C8H12N2O5/c9-4(1-5(11)12)6(13)3-2-8(3,10)7(14)15/h3-4H,1-2,9-10H2,(H,11,12)(H,14,15)/t3?,4-,8?/m0/s1. The number of carbonyl (C=O) groups excluding carboxylic acids is 1. The van der Waals surface area contributed by atoms with Crippen molar-refractivity contribution >= 4 is 17.7 Å². The highest BCUT2D eigenvalue weighted by molar-refractivity contribution is 6.00. The first kappa shape index (κ1) is 11.6. The fourth-order valence-corrected chi connectivity index (χ4v) is 1.42. The molecule has 3 atom stereocenters. The van der Waals surface area contributed by atoms with Gasteiger partial charge in [-0.3, -0.25) is 14.4 Å². The van der Waals surface area contributed by atoms with Crippen molar-refractivity contribution in [3.8, 4) is 0 Å². The number of carboxylic acid groups (broad SMARTS) is 2. The van der Waals surface area contributed by atoms with Crippen LogP contribution in [0.1, 0.15) is 12.8 Å². The Bertz CT molecular complexity index is 329. The van der Waals surface area contributed by atoms with Gasteiger partial charge in [-0.1, -0.05) is 0 Å². The van der Waals surface area contributed by atoms with Gasteiger partial charge in [0.2, 0.25) is 0 Å². The second-order valence-corrected chi connectivity index (χ2v) is 3.71. The third kappa shape index (κ3) is 2.13. The molecule has 7 heteroatoms. The van der Waals surface area contributed by atoms with Crippen molar-refractivity contribution in [3.05, 3.63) is 0 Å². The van der Waals surface area contributed by atoms with Gasteiger partial charge in [0.15, 0.2) is 5.78 Å². The van der Waals surface area contributed by atoms with Crippen LogP contribution in [0.25, 0.3) is 0 Å². The molecule has 0 aromatic carbocycles. The predicted octanol–water partition coefficient (Wildman–Crippen LogP) is -1.84.